The maximum Gasteiger partial charge on any atom is 0.256 e. The lowest BCUT2D eigenvalue weighted by Crippen LogP contribution is -2.40. The van der Waals surface area contributed by atoms with Gasteiger partial charge in [-0.2, -0.15) is 0 Å². The molecular formula is C19H17BrN4O3S. The molecule has 9 heteroatoms. The predicted octanol–water partition coefficient (Wildman–Crippen LogP) is 2.31. The Morgan fingerprint density at radius 3 is 2.93 bits per heavy atom. The molecule has 1 aromatic carbocycles. The number of sulfonamides is 1. The van der Waals surface area contributed by atoms with Crippen LogP contribution in [0.1, 0.15) is 11.3 Å². The minimum atomic E-state index is -3.40. The van der Waals surface area contributed by atoms with E-state index < -0.39 is 10.0 Å². The average Bonchev–Trinajstić information content (AvgIpc) is 3.03. The Morgan fingerprint density at radius 2 is 2.07 bits per heavy atom. The molecule has 0 spiro atoms. The number of benzene rings is 1. The summed E-state index contributed by atoms with van der Waals surface area (Å²) < 4.78 is 28.0. The second kappa shape index (κ2) is 6.31. The fourth-order valence-corrected chi connectivity index (χ4v) is 5.20. The van der Waals surface area contributed by atoms with Crippen molar-refractivity contribution in [2.45, 2.75) is 13.0 Å². The number of nitrogens with one attached hydrogen (secondary N) is 1. The second-order valence-corrected chi connectivity index (χ2v) is 9.77. The molecule has 0 unspecified atom stereocenters. The molecule has 144 valence electrons. The minimum Gasteiger partial charge on any atom is -0.358 e. The number of nitrogens with zero attached hydrogens (tertiary/aromatic N) is 3. The highest BCUT2D eigenvalue weighted by Crippen LogP contribution is 2.30. The number of hydrogen-bond acceptors (Lipinski definition) is 4. The highest BCUT2D eigenvalue weighted by Gasteiger charge is 2.29. The molecule has 5 rings (SSSR count). The molecule has 3 aliphatic rings. The zero-order valence-corrected chi connectivity index (χ0v) is 17.3. The van der Waals surface area contributed by atoms with Crippen molar-refractivity contribution in [2.24, 2.45) is 4.40 Å². The van der Waals surface area contributed by atoms with Crippen molar-refractivity contribution in [1.82, 2.24) is 14.8 Å². The van der Waals surface area contributed by atoms with Crippen LogP contribution in [0.2, 0.25) is 0 Å². The second-order valence-electron chi connectivity index (χ2n) is 7.10. The van der Waals surface area contributed by atoms with Gasteiger partial charge in [-0.15, -0.1) is 4.40 Å². The number of amidine groups is 1. The monoisotopic (exact) mass is 460 g/mol. The Balaban J connectivity index is 1.42. The Morgan fingerprint density at radius 1 is 1.21 bits per heavy atom. The molecule has 0 radical (unpaired) electrons. The van der Waals surface area contributed by atoms with Gasteiger partial charge in [-0.3, -0.25) is 4.79 Å². The third-order valence-corrected chi connectivity index (χ3v) is 6.95. The number of carbonyl (C=O) groups excluding carboxylic acids is 1. The Hall–Kier alpha value is -2.39. The molecule has 0 bridgehead atoms. The summed E-state index contributed by atoms with van der Waals surface area (Å²) in [7, 11) is -3.40. The van der Waals surface area contributed by atoms with E-state index in [1.165, 1.54) is 5.69 Å². The van der Waals surface area contributed by atoms with Crippen LogP contribution in [0.5, 0.6) is 0 Å². The lowest BCUT2D eigenvalue weighted by Gasteiger charge is -2.31. The first-order chi connectivity index (χ1) is 13.4. The molecular weight excluding hydrogens is 444 g/mol. The number of H-pyrrole nitrogens is 1. The first-order valence-electron chi connectivity index (χ1n) is 8.97. The molecule has 0 saturated carbocycles. The highest BCUT2D eigenvalue weighted by molar-refractivity contribution is 9.10. The van der Waals surface area contributed by atoms with Crippen LogP contribution in [0.4, 0.5) is 0 Å². The molecule has 0 fully saturated rings. The zero-order valence-electron chi connectivity index (χ0n) is 14.9. The van der Waals surface area contributed by atoms with E-state index in [0.717, 1.165) is 27.4 Å². The van der Waals surface area contributed by atoms with Crippen LogP contribution in [0, 0.1) is 0 Å². The van der Waals surface area contributed by atoms with E-state index in [9.17, 15) is 13.2 Å². The van der Waals surface area contributed by atoms with E-state index in [1.807, 2.05) is 17.0 Å². The van der Waals surface area contributed by atoms with Gasteiger partial charge in [0.15, 0.2) is 0 Å². The van der Waals surface area contributed by atoms with Crippen molar-refractivity contribution in [2.75, 3.05) is 18.8 Å². The predicted molar refractivity (Wildman–Crippen MR) is 110 cm³/mol. The van der Waals surface area contributed by atoms with Crippen molar-refractivity contribution < 1.29 is 13.2 Å². The smallest absolute Gasteiger partial charge is 0.256 e. The van der Waals surface area contributed by atoms with Crippen molar-refractivity contribution in [3.8, 4) is 0 Å². The number of halogens is 1. The van der Waals surface area contributed by atoms with Gasteiger partial charge in [-0.25, -0.2) is 8.42 Å². The number of fused-ring (bicyclic) bond motifs is 4. The van der Waals surface area contributed by atoms with Gasteiger partial charge in [0.1, 0.15) is 5.84 Å². The number of carbonyl (C=O) groups is 1. The van der Waals surface area contributed by atoms with E-state index in [0.29, 0.717) is 31.0 Å². The normalized spacial score (nSPS) is 20.5. The van der Waals surface area contributed by atoms with E-state index in [4.69, 9.17) is 0 Å². The van der Waals surface area contributed by atoms with Crippen molar-refractivity contribution >= 4 is 48.6 Å². The van der Waals surface area contributed by atoms with Gasteiger partial charge >= 0.3 is 0 Å². The summed E-state index contributed by atoms with van der Waals surface area (Å²) >= 11 is 3.52. The number of aromatic amines is 1. The van der Waals surface area contributed by atoms with Gasteiger partial charge in [0.25, 0.3) is 15.9 Å². The summed E-state index contributed by atoms with van der Waals surface area (Å²) in [5.74, 6) is 0.267. The lowest BCUT2D eigenvalue weighted by molar-refractivity contribution is -0.127. The van der Waals surface area contributed by atoms with Gasteiger partial charge in [0.2, 0.25) is 0 Å². The summed E-state index contributed by atoms with van der Waals surface area (Å²) in [6.07, 6.45) is 5.73. The third kappa shape index (κ3) is 2.98. The zero-order chi connectivity index (χ0) is 19.5. The molecule has 1 N–H and O–H groups in total. The van der Waals surface area contributed by atoms with Gasteiger partial charge in [-0.1, -0.05) is 15.9 Å². The van der Waals surface area contributed by atoms with Gasteiger partial charge in [0.05, 0.1) is 11.3 Å². The number of aromatic nitrogens is 1. The van der Waals surface area contributed by atoms with Crippen LogP contribution in [0.15, 0.2) is 51.0 Å². The first kappa shape index (κ1) is 17.7. The molecule has 1 amide bonds. The van der Waals surface area contributed by atoms with Crippen LogP contribution in [-0.4, -0.2) is 53.8 Å². The maximum absolute atomic E-state index is 13.1. The standard InChI is InChI=1S/C19H17BrN4O3S/c20-13-2-3-16-14(9-13)15-11-24(6-5-17(15)21-16)19(25)12-1-4-18-22-28(26,27)8-7-23(18)10-12/h1-4,9-10,21H,5-8,11H2. The molecule has 1 aromatic heterocycles. The Labute approximate surface area is 170 Å². The first-order valence-corrected chi connectivity index (χ1v) is 11.4. The molecule has 7 nitrogen and oxygen atoms in total. The van der Waals surface area contributed by atoms with Gasteiger partial charge < -0.3 is 14.8 Å². The lowest BCUT2D eigenvalue weighted by atomic mass is 10.0. The summed E-state index contributed by atoms with van der Waals surface area (Å²) in [4.78, 5) is 20.1. The molecule has 0 aliphatic carbocycles. The molecule has 0 atom stereocenters. The maximum atomic E-state index is 13.1. The molecule has 0 saturated heterocycles. The summed E-state index contributed by atoms with van der Waals surface area (Å²) in [6.45, 7) is 1.49. The third-order valence-electron chi connectivity index (χ3n) is 5.30. The fraction of sp³-hybridized carbons (Fsp3) is 0.263. The number of rotatable bonds is 1. The Bertz CT molecular complexity index is 1210. The average molecular weight is 461 g/mol. The molecule has 2 aromatic rings. The van der Waals surface area contributed by atoms with Crippen LogP contribution in [0.3, 0.4) is 0 Å². The van der Waals surface area contributed by atoms with E-state index in [2.05, 4.69) is 31.4 Å². The quantitative estimate of drug-likeness (QED) is 0.707. The van der Waals surface area contributed by atoms with Crippen molar-refractivity contribution in [1.29, 1.82) is 0 Å². The van der Waals surface area contributed by atoms with E-state index >= 15 is 0 Å². The summed E-state index contributed by atoms with van der Waals surface area (Å²) in [6, 6.07) is 6.12. The molecule has 3 aliphatic heterocycles. The summed E-state index contributed by atoms with van der Waals surface area (Å²) in [5, 5.41) is 1.13. The molecule has 28 heavy (non-hydrogen) atoms. The van der Waals surface area contributed by atoms with Crippen molar-refractivity contribution in [3.63, 3.8) is 0 Å². The van der Waals surface area contributed by atoms with E-state index in [1.54, 1.807) is 23.3 Å². The largest absolute Gasteiger partial charge is 0.358 e. The van der Waals surface area contributed by atoms with Gasteiger partial charge in [0, 0.05) is 58.9 Å². The van der Waals surface area contributed by atoms with Crippen molar-refractivity contribution in [3.05, 3.63) is 57.9 Å². The molecule has 4 heterocycles. The fourth-order valence-electron chi connectivity index (χ4n) is 3.87. The van der Waals surface area contributed by atoms with E-state index in [-0.39, 0.29) is 11.7 Å². The van der Waals surface area contributed by atoms with Gasteiger partial charge in [-0.05, 0) is 30.4 Å². The topological polar surface area (TPSA) is 85.8 Å². The Kier molecular flexibility index (Phi) is 3.99. The van der Waals surface area contributed by atoms with Crippen LogP contribution in [0.25, 0.3) is 10.9 Å². The number of amides is 1. The van der Waals surface area contributed by atoms with Crippen LogP contribution < -0.4 is 0 Å². The van der Waals surface area contributed by atoms with Crippen LogP contribution in [-0.2, 0) is 27.8 Å². The number of hydrogen-bond donors (Lipinski definition) is 1. The minimum absolute atomic E-state index is 0.0421. The highest BCUT2D eigenvalue weighted by atomic mass is 79.9. The van der Waals surface area contributed by atoms with Crippen LogP contribution >= 0.6 is 15.9 Å². The summed E-state index contributed by atoms with van der Waals surface area (Å²) in [5.41, 5.74) is 3.96. The SMILES string of the molecule is O=C(C1=CN2CCS(=O)(=O)N=C2C=C1)N1CCc2[nH]c3ccc(Br)cc3c2C1.